The molecule has 154 valence electrons. The van der Waals surface area contributed by atoms with E-state index in [2.05, 4.69) is 5.32 Å². The molecule has 0 aromatic heterocycles. The average molecular weight is 419 g/mol. The molecular formula is C21H23ClN2O5. The van der Waals surface area contributed by atoms with E-state index in [1.807, 2.05) is 25.1 Å². The molecule has 3 rings (SSSR count). The normalized spacial score (nSPS) is 12.8. The zero-order chi connectivity index (χ0) is 20.8. The zero-order valence-corrected chi connectivity index (χ0v) is 17.1. The lowest BCUT2D eigenvalue weighted by Crippen LogP contribution is -2.45. The Hall–Kier alpha value is -2.93. The van der Waals surface area contributed by atoms with E-state index in [9.17, 15) is 9.59 Å². The lowest BCUT2D eigenvalue weighted by Gasteiger charge is -2.29. The maximum absolute atomic E-state index is 12.5. The minimum absolute atomic E-state index is 0.113. The summed E-state index contributed by atoms with van der Waals surface area (Å²) in [5.41, 5.74) is 1.35. The van der Waals surface area contributed by atoms with Crippen LogP contribution in [0.25, 0.3) is 0 Å². The van der Waals surface area contributed by atoms with Crippen LogP contribution in [-0.4, -0.2) is 38.7 Å². The number of nitrogens with zero attached hydrogens (tertiary/aromatic N) is 1. The van der Waals surface area contributed by atoms with Gasteiger partial charge >= 0.3 is 0 Å². The molecule has 2 aromatic rings. The number of halogens is 1. The average Bonchev–Trinajstić information content (AvgIpc) is 2.73. The monoisotopic (exact) mass is 418 g/mol. The first-order valence-electron chi connectivity index (χ1n) is 9.31. The van der Waals surface area contributed by atoms with Gasteiger partial charge in [0.2, 0.25) is 5.91 Å². The molecule has 1 aliphatic heterocycles. The highest BCUT2D eigenvalue weighted by atomic mass is 35.5. The fourth-order valence-electron chi connectivity index (χ4n) is 2.90. The van der Waals surface area contributed by atoms with Gasteiger partial charge in [0, 0.05) is 11.6 Å². The van der Waals surface area contributed by atoms with Gasteiger partial charge in [-0.05, 0) is 42.3 Å². The number of amides is 2. The van der Waals surface area contributed by atoms with E-state index in [1.54, 1.807) is 25.3 Å². The molecule has 2 amide bonds. The summed E-state index contributed by atoms with van der Waals surface area (Å²) < 4.78 is 16.4. The first-order valence-corrected chi connectivity index (χ1v) is 9.68. The van der Waals surface area contributed by atoms with E-state index in [1.165, 1.54) is 4.90 Å². The van der Waals surface area contributed by atoms with E-state index in [-0.39, 0.29) is 25.0 Å². The standard InChI is InChI=1S/C21H23ClN2O5/c1-3-8-28-18-6-4-14(9-19(18)27-2)11-23-20(25)12-24-16-10-15(22)5-7-17(16)29-13-21(24)26/h4-7,9-10H,3,8,11-13H2,1-2H3,(H,23,25). The Balaban J connectivity index is 1.63. The summed E-state index contributed by atoms with van der Waals surface area (Å²) in [5.74, 6) is 1.20. The summed E-state index contributed by atoms with van der Waals surface area (Å²) >= 11 is 6.02. The van der Waals surface area contributed by atoms with E-state index >= 15 is 0 Å². The van der Waals surface area contributed by atoms with Crippen molar-refractivity contribution in [3.63, 3.8) is 0 Å². The summed E-state index contributed by atoms with van der Waals surface area (Å²) in [6.07, 6.45) is 0.898. The molecule has 0 radical (unpaired) electrons. The first kappa shape index (κ1) is 20.8. The van der Waals surface area contributed by atoms with Crippen molar-refractivity contribution in [2.75, 3.05) is 31.8 Å². The highest BCUT2D eigenvalue weighted by Gasteiger charge is 2.27. The predicted octanol–water partition coefficient (Wildman–Crippen LogP) is 3.18. The molecule has 1 aliphatic rings. The summed E-state index contributed by atoms with van der Waals surface area (Å²) in [5, 5.41) is 3.29. The van der Waals surface area contributed by atoms with Gasteiger partial charge in [0.25, 0.3) is 5.91 Å². The van der Waals surface area contributed by atoms with Crippen LogP contribution in [-0.2, 0) is 16.1 Å². The maximum atomic E-state index is 12.5. The minimum Gasteiger partial charge on any atom is -0.493 e. The molecule has 0 fully saturated rings. The molecule has 0 aliphatic carbocycles. The second-order valence-electron chi connectivity index (χ2n) is 6.49. The predicted molar refractivity (Wildman–Crippen MR) is 110 cm³/mol. The van der Waals surface area contributed by atoms with Crippen molar-refractivity contribution >= 4 is 29.1 Å². The SMILES string of the molecule is CCCOc1ccc(CNC(=O)CN2C(=O)COc3ccc(Cl)cc32)cc1OC. The number of benzene rings is 2. The third-order valence-electron chi connectivity index (χ3n) is 4.35. The van der Waals surface area contributed by atoms with Crippen LogP contribution < -0.4 is 24.4 Å². The number of methoxy groups -OCH3 is 1. The number of anilines is 1. The zero-order valence-electron chi connectivity index (χ0n) is 16.4. The second kappa shape index (κ2) is 9.52. The van der Waals surface area contributed by atoms with Crippen molar-refractivity contribution in [2.45, 2.75) is 19.9 Å². The Bertz CT molecular complexity index is 903. The van der Waals surface area contributed by atoms with Crippen molar-refractivity contribution in [1.82, 2.24) is 5.32 Å². The first-order chi connectivity index (χ1) is 14.0. The maximum Gasteiger partial charge on any atom is 0.265 e. The van der Waals surface area contributed by atoms with Gasteiger partial charge in [0.15, 0.2) is 18.1 Å². The van der Waals surface area contributed by atoms with Gasteiger partial charge in [-0.15, -0.1) is 0 Å². The molecule has 0 atom stereocenters. The highest BCUT2D eigenvalue weighted by Crippen LogP contribution is 2.34. The minimum atomic E-state index is -0.297. The van der Waals surface area contributed by atoms with Gasteiger partial charge in [-0.2, -0.15) is 0 Å². The Kier molecular flexibility index (Phi) is 6.82. The van der Waals surface area contributed by atoms with Crippen LogP contribution in [0.15, 0.2) is 36.4 Å². The van der Waals surface area contributed by atoms with Crippen LogP contribution in [0, 0.1) is 0 Å². The van der Waals surface area contributed by atoms with E-state index in [4.69, 9.17) is 25.8 Å². The fourth-order valence-corrected chi connectivity index (χ4v) is 3.07. The fraction of sp³-hybridized carbons (Fsp3) is 0.333. The lowest BCUT2D eigenvalue weighted by molar-refractivity contribution is -0.125. The Labute approximate surface area is 174 Å². The quantitative estimate of drug-likeness (QED) is 0.712. The molecular weight excluding hydrogens is 396 g/mol. The summed E-state index contributed by atoms with van der Waals surface area (Å²) in [7, 11) is 1.57. The van der Waals surface area contributed by atoms with E-state index in [0.717, 1.165) is 12.0 Å². The van der Waals surface area contributed by atoms with Crippen LogP contribution in [0.4, 0.5) is 5.69 Å². The topological polar surface area (TPSA) is 77.1 Å². The Morgan fingerprint density at radius 1 is 1.24 bits per heavy atom. The third kappa shape index (κ3) is 5.12. The number of rotatable bonds is 8. The van der Waals surface area contributed by atoms with Crippen molar-refractivity contribution in [3.8, 4) is 17.2 Å². The largest absolute Gasteiger partial charge is 0.493 e. The van der Waals surface area contributed by atoms with E-state index < -0.39 is 0 Å². The van der Waals surface area contributed by atoms with E-state index in [0.29, 0.717) is 41.1 Å². The number of nitrogens with one attached hydrogen (secondary N) is 1. The Morgan fingerprint density at radius 2 is 2.07 bits per heavy atom. The number of ether oxygens (including phenoxy) is 3. The second-order valence-corrected chi connectivity index (χ2v) is 6.93. The third-order valence-corrected chi connectivity index (χ3v) is 4.58. The van der Waals surface area contributed by atoms with Crippen molar-refractivity contribution < 1.29 is 23.8 Å². The molecule has 29 heavy (non-hydrogen) atoms. The summed E-state index contributed by atoms with van der Waals surface area (Å²) in [4.78, 5) is 26.1. The van der Waals surface area contributed by atoms with Crippen LogP contribution in [0.3, 0.4) is 0 Å². The molecule has 7 nitrogen and oxygen atoms in total. The lowest BCUT2D eigenvalue weighted by atomic mass is 10.2. The highest BCUT2D eigenvalue weighted by molar-refractivity contribution is 6.31. The number of fused-ring (bicyclic) bond motifs is 1. The van der Waals surface area contributed by atoms with Crippen LogP contribution in [0.2, 0.25) is 5.02 Å². The number of hydrogen-bond acceptors (Lipinski definition) is 5. The molecule has 0 saturated carbocycles. The van der Waals surface area contributed by atoms with Gasteiger partial charge in [-0.3, -0.25) is 14.5 Å². The summed E-state index contributed by atoms with van der Waals surface area (Å²) in [6, 6.07) is 10.5. The molecule has 0 saturated heterocycles. The molecule has 0 unspecified atom stereocenters. The number of carbonyl (C=O) groups is 2. The van der Waals surface area contributed by atoms with Gasteiger partial charge in [0.1, 0.15) is 12.3 Å². The van der Waals surface area contributed by atoms with Crippen LogP contribution in [0.5, 0.6) is 17.2 Å². The summed E-state index contributed by atoms with van der Waals surface area (Å²) in [6.45, 7) is 2.69. The van der Waals surface area contributed by atoms with Crippen molar-refractivity contribution in [2.24, 2.45) is 0 Å². The van der Waals surface area contributed by atoms with Gasteiger partial charge in [0.05, 0.1) is 19.4 Å². The van der Waals surface area contributed by atoms with Crippen LogP contribution in [0.1, 0.15) is 18.9 Å². The molecule has 8 heteroatoms. The molecule has 1 N–H and O–H groups in total. The van der Waals surface area contributed by atoms with Crippen molar-refractivity contribution in [1.29, 1.82) is 0 Å². The molecule has 0 spiro atoms. The molecule has 2 aromatic carbocycles. The van der Waals surface area contributed by atoms with Gasteiger partial charge in [-0.25, -0.2) is 0 Å². The van der Waals surface area contributed by atoms with Crippen molar-refractivity contribution in [3.05, 3.63) is 47.0 Å². The molecule has 1 heterocycles. The van der Waals surface area contributed by atoms with Crippen LogP contribution >= 0.6 is 11.6 Å². The number of carbonyl (C=O) groups excluding carboxylic acids is 2. The number of hydrogen-bond donors (Lipinski definition) is 1. The smallest absolute Gasteiger partial charge is 0.265 e. The Morgan fingerprint density at radius 3 is 2.83 bits per heavy atom. The molecule has 0 bridgehead atoms. The van der Waals surface area contributed by atoms with Gasteiger partial charge in [-0.1, -0.05) is 24.6 Å². The van der Waals surface area contributed by atoms with Gasteiger partial charge < -0.3 is 19.5 Å².